The average Bonchev–Trinajstić information content (AvgIpc) is 2.42. The van der Waals surface area contributed by atoms with E-state index in [-0.39, 0.29) is 5.97 Å². The van der Waals surface area contributed by atoms with Gasteiger partial charge in [0.2, 0.25) is 0 Å². The zero-order valence-electron chi connectivity index (χ0n) is 13.5. The summed E-state index contributed by atoms with van der Waals surface area (Å²) in [6.45, 7) is 10.4. The summed E-state index contributed by atoms with van der Waals surface area (Å²) in [5, 5.41) is 0. The molecule has 0 fully saturated rings. The fraction of sp³-hybridized carbons (Fsp3) is 0.824. The Morgan fingerprint density at radius 3 is 2.20 bits per heavy atom. The number of hydrogen-bond donors (Lipinski definition) is 0. The van der Waals surface area contributed by atoms with Gasteiger partial charge in [-0.1, -0.05) is 57.9 Å². The zero-order chi connectivity index (χ0) is 15.1. The van der Waals surface area contributed by atoms with E-state index in [2.05, 4.69) is 18.4 Å². The van der Waals surface area contributed by atoms with Crippen LogP contribution in [0.25, 0.3) is 0 Å². The first-order valence-corrected chi connectivity index (χ1v) is 8.23. The van der Waals surface area contributed by atoms with Crippen LogP contribution in [-0.2, 0) is 9.53 Å². The number of hydrogen-bond acceptors (Lipinski definition) is 3. The molecule has 3 nitrogen and oxygen atoms in total. The number of nitrogens with zero attached hydrogens (tertiary/aromatic N) is 1. The highest BCUT2D eigenvalue weighted by Crippen LogP contribution is 2.09. The molecule has 118 valence electrons. The van der Waals surface area contributed by atoms with Crippen LogP contribution in [0.5, 0.6) is 0 Å². The quantitative estimate of drug-likeness (QED) is 0.272. The van der Waals surface area contributed by atoms with Crippen LogP contribution in [0.4, 0.5) is 0 Å². The van der Waals surface area contributed by atoms with Gasteiger partial charge in [-0.05, 0) is 19.9 Å². The van der Waals surface area contributed by atoms with Gasteiger partial charge in [-0.3, -0.25) is 9.69 Å². The number of rotatable bonds is 14. The van der Waals surface area contributed by atoms with E-state index in [4.69, 9.17) is 4.74 Å². The Kier molecular flexibility index (Phi) is 14.0. The maximum absolute atomic E-state index is 11.5. The second-order valence-corrected chi connectivity index (χ2v) is 5.30. The first-order valence-electron chi connectivity index (χ1n) is 8.23. The number of carbonyl (C=O) groups is 1. The Labute approximate surface area is 125 Å². The van der Waals surface area contributed by atoms with Crippen molar-refractivity contribution in [3.63, 3.8) is 0 Å². The maximum Gasteiger partial charge on any atom is 0.320 e. The third-order valence-corrected chi connectivity index (χ3v) is 3.37. The molecule has 20 heavy (non-hydrogen) atoms. The largest absolute Gasteiger partial charge is 0.465 e. The molecule has 0 spiro atoms. The predicted octanol–water partition coefficient (Wildman–Crippen LogP) is 4.18. The molecule has 0 heterocycles. The number of ether oxygens (including phenoxy) is 1. The van der Waals surface area contributed by atoms with Gasteiger partial charge in [0.25, 0.3) is 0 Å². The molecule has 0 saturated carbocycles. The van der Waals surface area contributed by atoms with Crippen LogP contribution in [0, 0.1) is 0 Å². The summed E-state index contributed by atoms with van der Waals surface area (Å²) in [5.74, 6) is -0.131. The first-order chi connectivity index (χ1) is 9.74. The summed E-state index contributed by atoms with van der Waals surface area (Å²) in [6.07, 6.45) is 12.3. The van der Waals surface area contributed by atoms with Gasteiger partial charge in [0.1, 0.15) is 0 Å². The third kappa shape index (κ3) is 12.2. The molecule has 0 aromatic carbocycles. The minimum absolute atomic E-state index is 0.131. The van der Waals surface area contributed by atoms with Gasteiger partial charge in [0, 0.05) is 6.54 Å². The lowest BCUT2D eigenvalue weighted by atomic mass is 10.1. The van der Waals surface area contributed by atoms with E-state index in [1.165, 1.54) is 44.9 Å². The lowest BCUT2D eigenvalue weighted by Gasteiger charge is -2.19. The minimum Gasteiger partial charge on any atom is -0.465 e. The molecule has 0 N–H and O–H groups in total. The summed E-state index contributed by atoms with van der Waals surface area (Å²) in [6, 6.07) is 0. The maximum atomic E-state index is 11.5. The monoisotopic (exact) mass is 283 g/mol. The van der Waals surface area contributed by atoms with Gasteiger partial charge < -0.3 is 4.74 Å². The van der Waals surface area contributed by atoms with Crippen molar-refractivity contribution in [3.05, 3.63) is 12.7 Å². The summed E-state index contributed by atoms with van der Waals surface area (Å²) in [4.78, 5) is 13.6. The van der Waals surface area contributed by atoms with Gasteiger partial charge >= 0.3 is 5.97 Å². The smallest absolute Gasteiger partial charge is 0.320 e. The Morgan fingerprint density at radius 2 is 1.65 bits per heavy atom. The molecule has 0 amide bonds. The van der Waals surface area contributed by atoms with Gasteiger partial charge in [0.05, 0.1) is 13.2 Å². The number of carbonyl (C=O) groups excluding carboxylic acids is 1. The zero-order valence-corrected chi connectivity index (χ0v) is 13.5. The fourth-order valence-corrected chi connectivity index (χ4v) is 2.28. The van der Waals surface area contributed by atoms with Gasteiger partial charge in [-0.15, -0.1) is 6.58 Å². The molecular formula is C17H33NO2. The van der Waals surface area contributed by atoms with Gasteiger partial charge in [-0.25, -0.2) is 0 Å². The van der Waals surface area contributed by atoms with Crippen LogP contribution in [0.1, 0.15) is 65.2 Å². The highest BCUT2D eigenvalue weighted by atomic mass is 16.5. The van der Waals surface area contributed by atoms with E-state index in [0.29, 0.717) is 13.2 Å². The van der Waals surface area contributed by atoms with Crippen molar-refractivity contribution in [3.8, 4) is 0 Å². The molecule has 0 rings (SSSR count). The van der Waals surface area contributed by atoms with Crippen molar-refractivity contribution in [2.45, 2.75) is 65.2 Å². The van der Waals surface area contributed by atoms with Crippen molar-refractivity contribution in [2.24, 2.45) is 0 Å². The normalized spacial score (nSPS) is 10.8. The molecular weight excluding hydrogens is 250 g/mol. The lowest BCUT2D eigenvalue weighted by Crippen LogP contribution is -2.32. The summed E-state index contributed by atoms with van der Waals surface area (Å²) >= 11 is 0. The first kappa shape index (κ1) is 19.2. The van der Waals surface area contributed by atoms with Crippen molar-refractivity contribution >= 4 is 5.97 Å². The Hall–Kier alpha value is -0.830. The van der Waals surface area contributed by atoms with E-state index in [1.54, 1.807) is 0 Å². The standard InChI is InChI=1S/C17H33NO2/c1-4-7-8-9-10-11-12-13-15-18(14-5-2)16-17(19)20-6-3/h5H,2,4,6-16H2,1,3H3. The third-order valence-electron chi connectivity index (χ3n) is 3.37. The molecule has 0 aromatic rings. The second kappa shape index (κ2) is 14.6. The molecule has 0 radical (unpaired) electrons. The SMILES string of the molecule is C=CCN(CCCCCCCCCC)CC(=O)OCC. The van der Waals surface area contributed by atoms with Crippen LogP contribution in [0.2, 0.25) is 0 Å². The highest BCUT2D eigenvalue weighted by Gasteiger charge is 2.09. The van der Waals surface area contributed by atoms with Crippen LogP contribution >= 0.6 is 0 Å². The van der Waals surface area contributed by atoms with Gasteiger partial charge in [-0.2, -0.15) is 0 Å². The Balaban J connectivity index is 3.59. The molecule has 0 aromatic heterocycles. The molecule has 0 atom stereocenters. The molecule has 3 heteroatoms. The van der Waals surface area contributed by atoms with Crippen LogP contribution in [0.3, 0.4) is 0 Å². The van der Waals surface area contributed by atoms with E-state index in [0.717, 1.165) is 19.5 Å². The Bertz CT molecular complexity index is 241. The fourth-order valence-electron chi connectivity index (χ4n) is 2.28. The van der Waals surface area contributed by atoms with Crippen LogP contribution in [0.15, 0.2) is 12.7 Å². The van der Waals surface area contributed by atoms with Crippen molar-refractivity contribution < 1.29 is 9.53 Å². The molecule has 0 bridgehead atoms. The Morgan fingerprint density at radius 1 is 1.05 bits per heavy atom. The van der Waals surface area contributed by atoms with Crippen LogP contribution in [-0.4, -0.2) is 37.1 Å². The van der Waals surface area contributed by atoms with Crippen molar-refractivity contribution in [1.29, 1.82) is 0 Å². The molecule has 0 aliphatic carbocycles. The highest BCUT2D eigenvalue weighted by molar-refractivity contribution is 5.71. The van der Waals surface area contributed by atoms with Crippen molar-refractivity contribution in [2.75, 3.05) is 26.2 Å². The van der Waals surface area contributed by atoms with Crippen LogP contribution < -0.4 is 0 Å². The molecule has 0 unspecified atom stereocenters. The topological polar surface area (TPSA) is 29.5 Å². The minimum atomic E-state index is -0.131. The lowest BCUT2D eigenvalue weighted by molar-refractivity contribution is -0.144. The molecule has 0 aliphatic heterocycles. The van der Waals surface area contributed by atoms with E-state index >= 15 is 0 Å². The number of esters is 1. The van der Waals surface area contributed by atoms with E-state index in [1.807, 2.05) is 13.0 Å². The molecule has 0 aliphatic rings. The second-order valence-electron chi connectivity index (χ2n) is 5.30. The summed E-state index contributed by atoms with van der Waals surface area (Å²) < 4.78 is 4.99. The summed E-state index contributed by atoms with van der Waals surface area (Å²) in [5.41, 5.74) is 0. The average molecular weight is 283 g/mol. The predicted molar refractivity (Wildman–Crippen MR) is 85.9 cm³/mol. The number of unbranched alkanes of at least 4 members (excludes halogenated alkanes) is 7. The van der Waals surface area contributed by atoms with Gasteiger partial charge in [0.15, 0.2) is 0 Å². The van der Waals surface area contributed by atoms with E-state index in [9.17, 15) is 4.79 Å². The molecule has 0 saturated heterocycles. The summed E-state index contributed by atoms with van der Waals surface area (Å²) in [7, 11) is 0. The van der Waals surface area contributed by atoms with E-state index < -0.39 is 0 Å². The van der Waals surface area contributed by atoms with Crippen molar-refractivity contribution in [1.82, 2.24) is 4.90 Å².